The molecule has 3 aliphatic rings. The molecule has 1 aromatic carbocycles. The minimum absolute atomic E-state index is 0.152. The molecule has 1 spiro atoms. The van der Waals surface area contributed by atoms with Crippen LogP contribution in [0, 0.1) is 25.7 Å². The number of piperidine rings is 2. The first kappa shape index (κ1) is 19.2. The Balaban J connectivity index is 1.45. The van der Waals surface area contributed by atoms with Crippen LogP contribution in [0.25, 0.3) is 0 Å². The van der Waals surface area contributed by atoms with Crippen LogP contribution < -0.4 is 10.6 Å². The van der Waals surface area contributed by atoms with Crippen molar-refractivity contribution in [1.82, 2.24) is 15.5 Å². The number of carbonyl (C=O) groups is 2. The molecule has 0 aliphatic carbocycles. The first-order valence-electron chi connectivity index (χ1n) is 10.5. The predicted molar refractivity (Wildman–Crippen MR) is 107 cm³/mol. The smallest absolute Gasteiger partial charge is 0.407 e. The summed E-state index contributed by atoms with van der Waals surface area (Å²) in [4.78, 5) is 27.0. The van der Waals surface area contributed by atoms with E-state index in [9.17, 15) is 9.59 Å². The van der Waals surface area contributed by atoms with Crippen LogP contribution in [0.4, 0.5) is 4.79 Å². The molecule has 6 heteroatoms. The molecule has 2 atom stereocenters. The summed E-state index contributed by atoms with van der Waals surface area (Å²) in [6, 6.07) is 6.02. The topological polar surface area (TPSA) is 70.7 Å². The third-order valence-electron chi connectivity index (χ3n) is 6.97. The molecule has 3 fully saturated rings. The number of amides is 2. The summed E-state index contributed by atoms with van der Waals surface area (Å²) in [5.74, 6) is 0.948. The summed E-state index contributed by atoms with van der Waals surface area (Å²) in [6.07, 6.45) is 3.42. The van der Waals surface area contributed by atoms with Gasteiger partial charge in [0.2, 0.25) is 0 Å². The van der Waals surface area contributed by atoms with E-state index in [-0.39, 0.29) is 17.6 Å². The number of ether oxygens (including phenoxy) is 1. The zero-order valence-electron chi connectivity index (χ0n) is 16.9. The highest BCUT2D eigenvalue weighted by Crippen LogP contribution is 2.41. The average Bonchev–Trinajstić information content (AvgIpc) is 2.68. The summed E-state index contributed by atoms with van der Waals surface area (Å²) in [5, 5.41) is 6.29. The van der Waals surface area contributed by atoms with Crippen LogP contribution >= 0.6 is 0 Å². The summed E-state index contributed by atoms with van der Waals surface area (Å²) in [7, 11) is 0. The Morgan fingerprint density at radius 3 is 2.50 bits per heavy atom. The number of benzene rings is 1. The molecular weight excluding hydrogens is 354 g/mol. The van der Waals surface area contributed by atoms with Crippen molar-refractivity contribution in [3.05, 3.63) is 34.9 Å². The SMILES string of the molecule is Cc1cccc(C)c1C(=O)N1CCC(C2CNCCC23CCNC(=O)O3)CC1. The van der Waals surface area contributed by atoms with Gasteiger partial charge in [0, 0.05) is 50.5 Å². The molecule has 2 N–H and O–H groups in total. The Morgan fingerprint density at radius 1 is 1.14 bits per heavy atom. The highest BCUT2D eigenvalue weighted by atomic mass is 16.6. The lowest BCUT2D eigenvalue weighted by molar-refractivity contribution is -0.0958. The van der Waals surface area contributed by atoms with Gasteiger partial charge >= 0.3 is 6.09 Å². The van der Waals surface area contributed by atoms with Gasteiger partial charge in [0.1, 0.15) is 5.60 Å². The van der Waals surface area contributed by atoms with Gasteiger partial charge < -0.3 is 20.3 Å². The highest BCUT2D eigenvalue weighted by Gasteiger charge is 2.49. The second kappa shape index (κ2) is 7.74. The lowest BCUT2D eigenvalue weighted by atomic mass is 9.69. The van der Waals surface area contributed by atoms with E-state index in [1.807, 2.05) is 36.9 Å². The molecule has 28 heavy (non-hydrogen) atoms. The standard InChI is InChI=1S/C22H31N3O3/c1-15-4-3-5-16(2)19(15)20(26)25-12-6-17(7-13-25)18-14-23-10-8-22(18)9-11-24-21(27)28-22/h3-5,17-18,23H,6-14H2,1-2H3,(H,24,27). The van der Waals surface area contributed by atoms with Gasteiger partial charge in [-0.15, -0.1) is 0 Å². The molecular formula is C22H31N3O3. The van der Waals surface area contributed by atoms with Crippen molar-refractivity contribution in [2.45, 2.75) is 45.1 Å². The average molecular weight is 386 g/mol. The lowest BCUT2D eigenvalue weighted by Crippen LogP contribution is -2.60. The molecule has 6 nitrogen and oxygen atoms in total. The van der Waals surface area contributed by atoms with Crippen LogP contribution in [0.1, 0.15) is 47.2 Å². The van der Waals surface area contributed by atoms with Crippen LogP contribution in [0.5, 0.6) is 0 Å². The molecule has 0 radical (unpaired) electrons. The van der Waals surface area contributed by atoms with Crippen LogP contribution in [-0.4, -0.2) is 55.2 Å². The zero-order valence-corrected chi connectivity index (χ0v) is 16.9. The van der Waals surface area contributed by atoms with Gasteiger partial charge in [-0.2, -0.15) is 0 Å². The molecule has 0 aromatic heterocycles. The van der Waals surface area contributed by atoms with Gasteiger partial charge in [-0.1, -0.05) is 18.2 Å². The molecule has 152 valence electrons. The van der Waals surface area contributed by atoms with E-state index in [0.717, 1.165) is 68.6 Å². The maximum atomic E-state index is 13.1. The number of likely N-dealkylation sites (tertiary alicyclic amines) is 1. The highest BCUT2D eigenvalue weighted by molar-refractivity contribution is 5.97. The van der Waals surface area contributed by atoms with E-state index in [1.165, 1.54) is 0 Å². The quantitative estimate of drug-likeness (QED) is 0.821. The summed E-state index contributed by atoms with van der Waals surface area (Å²) >= 11 is 0. The van der Waals surface area contributed by atoms with Crippen molar-refractivity contribution in [3.8, 4) is 0 Å². The maximum absolute atomic E-state index is 13.1. The number of alkyl carbamates (subject to hydrolysis) is 1. The molecule has 0 bridgehead atoms. The lowest BCUT2D eigenvalue weighted by Gasteiger charge is -2.50. The molecule has 3 saturated heterocycles. The number of nitrogens with one attached hydrogen (secondary N) is 2. The predicted octanol–water partition coefficient (Wildman–Crippen LogP) is 2.63. The van der Waals surface area contributed by atoms with Crippen LogP contribution in [0.15, 0.2) is 18.2 Å². The van der Waals surface area contributed by atoms with Crippen molar-refractivity contribution >= 4 is 12.0 Å². The van der Waals surface area contributed by atoms with E-state index in [4.69, 9.17) is 4.74 Å². The largest absolute Gasteiger partial charge is 0.442 e. The van der Waals surface area contributed by atoms with E-state index >= 15 is 0 Å². The third-order valence-corrected chi connectivity index (χ3v) is 6.97. The molecule has 1 aromatic rings. The first-order chi connectivity index (χ1) is 13.5. The van der Waals surface area contributed by atoms with Crippen LogP contribution in [-0.2, 0) is 4.74 Å². The van der Waals surface area contributed by atoms with E-state index in [2.05, 4.69) is 10.6 Å². The van der Waals surface area contributed by atoms with Crippen molar-refractivity contribution in [2.24, 2.45) is 11.8 Å². The van der Waals surface area contributed by atoms with Gasteiger partial charge in [-0.25, -0.2) is 4.79 Å². The number of hydrogen-bond acceptors (Lipinski definition) is 4. The minimum atomic E-state index is -0.336. The Labute approximate surface area is 167 Å². The summed E-state index contributed by atoms with van der Waals surface area (Å²) in [6.45, 7) is 8.05. The molecule has 2 unspecified atom stereocenters. The second-order valence-electron chi connectivity index (χ2n) is 8.59. The normalized spacial score (nSPS) is 28.7. The Kier molecular flexibility index (Phi) is 5.32. The Morgan fingerprint density at radius 2 is 1.82 bits per heavy atom. The van der Waals surface area contributed by atoms with Gasteiger partial charge in [-0.05, 0) is 50.3 Å². The fourth-order valence-corrected chi connectivity index (χ4v) is 5.42. The fourth-order valence-electron chi connectivity index (χ4n) is 5.42. The number of carbonyl (C=O) groups excluding carboxylic acids is 2. The monoisotopic (exact) mass is 385 g/mol. The van der Waals surface area contributed by atoms with Gasteiger partial charge in [-0.3, -0.25) is 4.79 Å². The molecule has 4 rings (SSSR count). The molecule has 3 aliphatic heterocycles. The third kappa shape index (κ3) is 3.50. The van der Waals surface area contributed by atoms with Crippen LogP contribution in [0.3, 0.4) is 0 Å². The maximum Gasteiger partial charge on any atom is 0.407 e. The molecule has 2 amide bonds. The number of hydrogen-bond donors (Lipinski definition) is 2. The van der Waals surface area contributed by atoms with Gasteiger partial charge in [0.25, 0.3) is 5.91 Å². The van der Waals surface area contributed by atoms with Crippen molar-refractivity contribution in [3.63, 3.8) is 0 Å². The van der Waals surface area contributed by atoms with Crippen LogP contribution in [0.2, 0.25) is 0 Å². The number of nitrogens with zero attached hydrogens (tertiary/aromatic N) is 1. The van der Waals surface area contributed by atoms with Crippen molar-refractivity contribution in [2.75, 3.05) is 32.7 Å². The summed E-state index contributed by atoms with van der Waals surface area (Å²) in [5.41, 5.74) is 2.61. The van der Waals surface area contributed by atoms with Crippen molar-refractivity contribution < 1.29 is 14.3 Å². The zero-order chi connectivity index (χ0) is 19.7. The molecule has 0 saturated carbocycles. The Hall–Kier alpha value is -2.08. The van der Waals surface area contributed by atoms with Gasteiger partial charge in [0.15, 0.2) is 0 Å². The van der Waals surface area contributed by atoms with Crippen molar-refractivity contribution in [1.29, 1.82) is 0 Å². The Bertz CT molecular complexity index is 733. The number of aryl methyl sites for hydroxylation is 2. The second-order valence-corrected chi connectivity index (χ2v) is 8.59. The summed E-state index contributed by atoms with van der Waals surface area (Å²) < 4.78 is 5.89. The van der Waals surface area contributed by atoms with E-state index in [0.29, 0.717) is 18.4 Å². The van der Waals surface area contributed by atoms with Gasteiger partial charge in [0.05, 0.1) is 0 Å². The fraction of sp³-hybridized carbons (Fsp3) is 0.636. The minimum Gasteiger partial charge on any atom is -0.442 e. The number of rotatable bonds is 2. The molecule has 3 heterocycles. The van der Waals surface area contributed by atoms with E-state index in [1.54, 1.807) is 0 Å². The first-order valence-corrected chi connectivity index (χ1v) is 10.5. The van der Waals surface area contributed by atoms with E-state index < -0.39 is 0 Å².